The zero-order chi connectivity index (χ0) is 13.0. The summed E-state index contributed by atoms with van der Waals surface area (Å²) in [4.78, 5) is 2.32. The normalized spacial score (nSPS) is 22.3. The number of rotatable bonds is 5. The lowest BCUT2D eigenvalue weighted by molar-refractivity contribution is 0.172. The Morgan fingerprint density at radius 1 is 1.44 bits per heavy atom. The fourth-order valence-corrected chi connectivity index (χ4v) is 2.42. The summed E-state index contributed by atoms with van der Waals surface area (Å²) >= 11 is 0. The Morgan fingerprint density at radius 3 is 2.78 bits per heavy atom. The highest BCUT2D eigenvalue weighted by molar-refractivity contribution is 5.18. The van der Waals surface area contributed by atoms with Crippen molar-refractivity contribution in [1.29, 1.82) is 0 Å². The molecule has 0 amide bonds. The van der Waals surface area contributed by atoms with Gasteiger partial charge in [0, 0.05) is 13.1 Å². The van der Waals surface area contributed by atoms with Crippen molar-refractivity contribution in [3.8, 4) is 0 Å². The molecule has 0 spiro atoms. The minimum Gasteiger partial charge on any atom is -0.387 e. The van der Waals surface area contributed by atoms with Crippen LogP contribution < -0.4 is 5.32 Å². The van der Waals surface area contributed by atoms with Crippen molar-refractivity contribution >= 4 is 0 Å². The summed E-state index contributed by atoms with van der Waals surface area (Å²) < 4.78 is 12.7. The number of aliphatic hydroxyl groups excluding tert-OH is 1. The van der Waals surface area contributed by atoms with Crippen LogP contribution in [0.1, 0.15) is 18.1 Å². The Hall–Kier alpha value is -0.970. The molecule has 1 saturated heterocycles. The molecule has 1 aromatic carbocycles. The smallest absolute Gasteiger partial charge is 0.123 e. The molecule has 4 heteroatoms. The first-order valence-electron chi connectivity index (χ1n) is 6.48. The van der Waals surface area contributed by atoms with Gasteiger partial charge in [0.2, 0.25) is 0 Å². The van der Waals surface area contributed by atoms with Gasteiger partial charge in [-0.15, -0.1) is 0 Å². The topological polar surface area (TPSA) is 35.5 Å². The third-order valence-electron chi connectivity index (χ3n) is 3.51. The van der Waals surface area contributed by atoms with E-state index in [1.807, 2.05) is 0 Å². The fourth-order valence-electron chi connectivity index (χ4n) is 2.42. The maximum atomic E-state index is 12.7. The summed E-state index contributed by atoms with van der Waals surface area (Å²) in [5, 5.41) is 13.2. The number of aliphatic hydroxyl groups is 1. The second-order valence-corrected chi connectivity index (χ2v) is 5.14. The number of nitrogens with one attached hydrogen (secondary N) is 1. The Kier molecular flexibility index (Phi) is 4.69. The predicted molar refractivity (Wildman–Crippen MR) is 69.8 cm³/mol. The van der Waals surface area contributed by atoms with Crippen LogP contribution in [0.15, 0.2) is 24.3 Å². The van der Waals surface area contributed by atoms with Crippen LogP contribution in [0.2, 0.25) is 0 Å². The molecule has 0 bridgehead atoms. The van der Waals surface area contributed by atoms with Crippen LogP contribution in [-0.2, 0) is 0 Å². The van der Waals surface area contributed by atoms with E-state index >= 15 is 0 Å². The molecule has 1 fully saturated rings. The summed E-state index contributed by atoms with van der Waals surface area (Å²) in [5.41, 5.74) is 0.757. The maximum absolute atomic E-state index is 12.7. The Balaban J connectivity index is 1.71. The molecule has 1 aromatic rings. The lowest BCUT2D eigenvalue weighted by atomic mass is 10.1. The zero-order valence-corrected chi connectivity index (χ0v) is 10.8. The summed E-state index contributed by atoms with van der Waals surface area (Å²) in [5.74, 6) is 0.406. The van der Waals surface area contributed by atoms with E-state index in [1.165, 1.54) is 18.6 Å². The van der Waals surface area contributed by atoms with Gasteiger partial charge in [-0.25, -0.2) is 4.39 Å². The molecule has 3 nitrogen and oxygen atoms in total. The lowest BCUT2D eigenvalue weighted by Crippen LogP contribution is -2.28. The first kappa shape index (κ1) is 13.5. The molecule has 100 valence electrons. The first-order chi connectivity index (χ1) is 8.65. The van der Waals surface area contributed by atoms with Crippen LogP contribution in [0.5, 0.6) is 0 Å². The average Bonchev–Trinajstić information content (AvgIpc) is 2.76. The highest BCUT2D eigenvalue weighted by Gasteiger charge is 2.19. The number of hydrogen-bond donors (Lipinski definition) is 2. The van der Waals surface area contributed by atoms with Gasteiger partial charge in [-0.05, 0) is 50.2 Å². The molecule has 2 unspecified atom stereocenters. The molecule has 1 heterocycles. The van der Waals surface area contributed by atoms with E-state index in [1.54, 1.807) is 12.1 Å². The number of benzene rings is 1. The second kappa shape index (κ2) is 6.27. The summed E-state index contributed by atoms with van der Waals surface area (Å²) in [6.45, 7) is 3.74. The Morgan fingerprint density at radius 2 is 2.17 bits per heavy atom. The van der Waals surface area contributed by atoms with Crippen LogP contribution in [-0.4, -0.2) is 43.2 Å². The van der Waals surface area contributed by atoms with Gasteiger partial charge in [0.05, 0.1) is 6.10 Å². The second-order valence-electron chi connectivity index (χ2n) is 5.14. The van der Waals surface area contributed by atoms with Gasteiger partial charge in [0.25, 0.3) is 0 Å². The first-order valence-corrected chi connectivity index (χ1v) is 6.48. The maximum Gasteiger partial charge on any atom is 0.123 e. The van der Waals surface area contributed by atoms with Crippen molar-refractivity contribution in [2.24, 2.45) is 5.92 Å². The van der Waals surface area contributed by atoms with Gasteiger partial charge in [0.15, 0.2) is 0 Å². The van der Waals surface area contributed by atoms with Gasteiger partial charge in [-0.1, -0.05) is 12.1 Å². The van der Waals surface area contributed by atoms with Crippen molar-refractivity contribution in [2.45, 2.75) is 12.5 Å². The molecule has 0 saturated carbocycles. The molecule has 0 aromatic heterocycles. The van der Waals surface area contributed by atoms with E-state index < -0.39 is 6.10 Å². The molecule has 0 radical (unpaired) electrons. The minimum atomic E-state index is -0.565. The molecule has 1 aliphatic rings. The molecule has 0 aliphatic carbocycles. The summed E-state index contributed by atoms with van der Waals surface area (Å²) in [6, 6.07) is 6.02. The monoisotopic (exact) mass is 252 g/mol. The highest BCUT2D eigenvalue weighted by atomic mass is 19.1. The van der Waals surface area contributed by atoms with Crippen LogP contribution in [0.3, 0.4) is 0 Å². The molecular formula is C14H21FN2O. The van der Waals surface area contributed by atoms with E-state index in [-0.39, 0.29) is 5.82 Å². The SMILES string of the molecule is CN1CCC(CNCC(O)c2ccc(F)cc2)C1. The van der Waals surface area contributed by atoms with E-state index in [0.29, 0.717) is 12.5 Å². The molecule has 2 N–H and O–H groups in total. The quantitative estimate of drug-likeness (QED) is 0.831. The van der Waals surface area contributed by atoms with Crippen LogP contribution in [0.25, 0.3) is 0 Å². The van der Waals surface area contributed by atoms with Crippen LogP contribution >= 0.6 is 0 Å². The van der Waals surface area contributed by atoms with E-state index in [0.717, 1.165) is 25.2 Å². The Labute approximate surface area is 108 Å². The fraction of sp³-hybridized carbons (Fsp3) is 0.571. The summed E-state index contributed by atoms with van der Waals surface area (Å²) in [7, 11) is 2.13. The molecule has 2 rings (SSSR count). The zero-order valence-electron chi connectivity index (χ0n) is 10.8. The number of likely N-dealkylation sites (tertiary alicyclic amines) is 1. The van der Waals surface area contributed by atoms with Crippen LogP contribution in [0.4, 0.5) is 4.39 Å². The highest BCUT2D eigenvalue weighted by Crippen LogP contribution is 2.15. The Bertz CT molecular complexity index is 369. The van der Waals surface area contributed by atoms with Crippen molar-refractivity contribution in [2.75, 3.05) is 33.2 Å². The molecule has 2 atom stereocenters. The minimum absolute atomic E-state index is 0.270. The average molecular weight is 252 g/mol. The molecule has 1 aliphatic heterocycles. The van der Waals surface area contributed by atoms with Gasteiger partial charge < -0.3 is 15.3 Å². The predicted octanol–water partition coefficient (Wildman–Crippen LogP) is 1.40. The largest absolute Gasteiger partial charge is 0.387 e. The van der Waals surface area contributed by atoms with Gasteiger partial charge in [-0.3, -0.25) is 0 Å². The van der Waals surface area contributed by atoms with E-state index in [2.05, 4.69) is 17.3 Å². The van der Waals surface area contributed by atoms with E-state index in [9.17, 15) is 9.50 Å². The van der Waals surface area contributed by atoms with Crippen molar-refractivity contribution in [1.82, 2.24) is 10.2 Å². The number of halogens is 1. The van der Waals surface area contributed by atoms with Crippen molar-refractivity contribution in [3.63, 3.8) is 0 Å². The third kappa shape index (κ3) is 3.77. The van der Waals surface area contributed by atoms with E-state index in [4.69, 9.17) is 0 Å². The van der Waals surface area contributed by atoms with Crippen molar-refractivity contribution in [3.05, 3.63) is 35.6 Å². The standard InChI is InChI=1S/C14H21FN2O/c1-17-7-6-11(10-17)8-16-9-14(18)12-2-4-13(15)5-3-12/h2-5,11,14,16,18H,6-10H2,1H3. The lowest BCUT2D eigenvalue weighted by Gasteiger charge is -2.15. The van der Waals surface area contributed by atoms with Crippen molar-refractivity contribution < 1.29 is 9.50 Å². The summed E-state index contributed by atoms with van der Waals surface area (Å²) in [6.07, 6.45) is 0.653. The third-order valence-corrected chi connectivity index (χ3v) is 3.51. The van der Waals surface area contributed by atoms with Gasteiger partial charge >= 0.3 is 0 Å². The van der Waals surface area contributed by atoms with Gasteiger partial charge in [0.1, 0.15) is 5.82 Å². The number of nitrogens with zero attached hydrogens (tertiary/aromatic N) is 1. The molecular weight excluding hydrogens is 231 g/mol. The van der Waals surface area contributed by atoms with Gasteiger partial charge in [-0.2, -0.15) is 0 Å². The number of hydrogen-bond acceptors (Lipinski definition) is 3. The van der Waals surface area contributed by atoms with Crippen LogP contribution in [0, 0.1) is 11.7 Å². The molecule has 18 heavy (non-hydrogen) atoms.